The van der Waals surface area contributed by atoms with E-state index in [2.05, 4.69) is 17.4 Å². The summed E-state index contributed by atoms with van der Waals surface area (Å²) < 4.78 is 5.45. The number of methoxy groups -OCH3 is 1. The van der Waals surface area contributed by atoms with E-state index in [1.165, 1.54) is 11.3 Å². The van der Waals surface area contributed by atoms with Crippen molar-refractivity contribution >= 4 is 17.2 Å². The minimum absolute atomic E-state index is 0.0867. The van der Waals surface area contributed by atoms with Gasteiger partial charge in [0.1, 0.15) is 10.6 Å². The van der Waals surface area contributed by atoms with Crippen molar-refractivity contribution in [1.82, 2.24) is 10.2 Å². The second-order valence-electron chi connectivity index (χ2n) is 5.73. The van der Waals surface area contributed by atoms with Crippen molar-refractivity contribution in [2.24, 2.45) is 0 Å². The normalized spacial score (nSPS) is 15.7. The van der Waals surface area contributed by atoms with Gasteiger partial charge in [-0.15, -0.1) is 11.3 Å². The zero-order valence-electron chi connectivity index (χ0n) is 13.5. The summed E-state index contributed by atoms with van der Waals surface area (Å²) in [4.78, 5) is 16.6. The van der Waals surface area contributed by atoms with Gasteiger partial charge in [-0.25, -0.2) is 0 Å². The summed E-state index contributed by atoms with van der Waals surface area (Å²) >= 11 is 1.51. The van der Waals surface area contributed by atoms with Crippen LogP contribution in [0, 0.1) is 0 Å². The smallest absolute Gasteiger partial charge is 0.267 e. The summed E-state index contributed by atoms with van der Waals surface area (Å²) in [5, 5.41) is 3.29. The zero-order chi connectivity index (χ0) is 16.2. The van der Waals surface area contributed by atoms with Gasteiger partial charge in [0.25, 0.3) is 5.91 Å². The summed E-state index contributed by atoms with van der Waals surface area (Å²) in [5.74, 6) is 0.762. The molecule has 2 aromatic rings. The first-order chi connectivity index (χ1) is 11.2. The molecule has 0 spiro atoms. The van der Waals surface area contributed by atoms with Crippen molar-refractivity contribution in [2.75, 3.05) is 27.2 Å². The lowest BCUT2D eigenvalue weighted by molar-refractivity contribution is 0.0709. The molecule has 1 aliphatic heterocycles. The maximum atomic E-state index is 12.9. The molecule has 0 radical (unpaired) electrons. The van der Waals surface area contributed by atoms with Crippen LogP contribution in [0.4, 0.5) is 0 Å². The molecule has 0 saturated carbocycles. The summed E-state index contributed by atoms with van der Waals surface area (Å²) in [6, 6.07) is 12.6. The van der Waals surface area contributed by atoms with Crippen molar-refractivity contribution in [1.29, 1.82) is 0 Å². The van der Waals surface area contributed by atoms with Gasteiger partial charge in [-0.05, 0) is 31.5 Å². The van der Waals surface area contributed by atoms with Gasteiger partial charge >= 0.3 is 0 Å². The number of nitrogens with one attached hydrogen (secondary N) is 1. The van der Waals surface area contributed by atoms with Crippen LogP contribution in [0.15, 0.2) is 36.4 Å². The molecule has 1 saturated heterocycles. The second-order valence-corrected chi connectivity index (χ2v) is 6.78. The molecule has 1 aromatic carbocycles. The molecule has 122 valence electrons. The predicted molar refractivity (Wildman–Crippen MR) is 94.3 cm³/mol. The number of rotatable bonds is 4. The molecule has 0 aliphatic carbocycles. The topological polar surface area (TPSA) is 41.6 Å². The van der Waals surface area contributed by atoms with Gasteiger partial charge in [0.2, 0.25) is 0 Å². The van der Waals surface area contributed by atoms with Crippen molar-refractivity contribution in [3.63, 3.8) is 0 Å². The summed E-state index contributed by atoms with van der Waals surface area (Å²) in [6.45, 7) is 1.60. The Labute approximate surface area is 141 Å². The number of piperidine rings is 1. The summed E-state index contributed by atoms with van der Waals surface area (Å²) in [5.41, 5.74) is 1.11. The van der Waals surface area contributed by atoms with E-state index in [0.717, 1.165) is 36.4 Å². The van der Waals surface area contributed by atoms with Gasteiger partial charge in [0.15, 0.2) is 0 Å². The van der Waals surface area contributed by atoms with Gasteiger partial charge in [-0.2, -0.15) is 0 Å². The molecule has 3 rings (SSSR count). The maximum absolute atomic E-state index is 12.9. The molecule has 2 heterocycles. The molecular formula is C18H22N2O2S. The lowest BCUT2D eigenvalue weighted by Gasteiger charge is -2.31. The molecule has 1 aromatic heterocycles. The maximum Gasteiger partial charge on any atom is 0.267 e. The number of nitrogens with zero attached hydrogens (tertiary/aromatic N) is 1. The van der Waals surface area contributed by atoms with Crippen molar-refractivity contribution in [3.05, 3.63) is 41.3 Å². The highest BCUT2D eigenvalue weighted by molar-refractivity contribution is 7.17. The third-order valence-electron chi connectivity index (χ3n) is 4.36. The summed E-state index contributed by atoms with van der Waals surface area (Å²) in [6.07, 6.45) is 2.00. The lowest BCUT2D eigenvalue weighted by atomic mass is 10.1. The first-order valence-corrected chi connectivity index (χ1v) is 8.74. The minimum atomic E-state index is 0.0867. The van der Waals surface area contributed by atoms with E-state index in [1.807, 2.05) is 36.2 Å². The van der Waals surface area contributed by atoms with E-state index in [0.29, 0.717) is 16.7 Å². The average Bonchev–Trinajstić information content (AvgIpc) is 3.06. The fraction of sp³-hybridized carbons (Fsp3) is 0.389. The number of hydrogen-bond acceptors (Lipinski definition) is 4. The van der Waals surface area contributed by atoms with Crippen LogP contribution in [0.1, 0.15) is 22.5 Å². The minimum Gasteiger partial charge on any atom is -0.495 e. The first-order valence-electron chi connectivity index (χ1n) is 7.92. The van der Waals surface area contributed by atoms with E-state index in [4.69, 9.17) is 4.74 Å². The average molecular weight is 330 g/mol. The first kappa shape index (κ1) is 16.0. The molecule has 0 atom stereocenters. The number of likely N-dealkylation sites (tertiary alicyclic amines) is 1. The SMILES string of the molecule is CNC1CCN(C(=O)c2sc(-c3ccccc3)cc2OC)CC1. The predicted octanol–water partition coefficient (Wildman–Crippen LogP) is 3.25. The van der Waals surface area contributed by atoms with Gasteiger partial charge in [-0.1, -0.05) is 30.3 Å². The Morgan fingerprint density at radius 2 is 1.96 bits per heavy atom. The van der Waals surface area contributed by atoms with Gasteiger partial charge in [-0.3, -0.25) is 4.79 Å². The number of ether oxygens (including phenoxy) is 1. The third kappa shape index (κ3) is 3.41. The highest BCUT2D eigenvalue weighted by atomic mass is 32.1. The Bertz CT molecular complexity index is 661. The van der Waals surface area contributed by atoms with Gasteiger partial charge in [0.05, 0.1) is 7.11 Å². The van der Waals surface area contributed by atoms with Crippen molar-refractivity contribution < 1.29 is 9.53 Å². The number of carbonyl (C=O) groups is 1. The Hall–Kier alpha value is -1.85. The highest BCUT2D eigenvalue weighted by Crippen LogP contribution is 2.37. The molecule has 1 N–H and O–H groups in total. The molecule has 1 amide bonds. The lowest BCUT2D eigenvalue weighted by Crippen LogP contribution is -2.43. The number of hydrogen-bond donors (Lipinski definition) is 1. The number of benzene rings is 1. The van der Waals surface area contributed by atoms with E-state index < -0.39 is 0 Å². The quantitative estimate of drug-likeness (QED) is 0.936. The van der Waals surface area contributed by atoms with Crippen molar-refractivity contribution in [3.8, 4) is 16.2 Å². The van der Waals surface area contributed by atoms with Crippen LogP contribution < -0.4 is 10.1 Å². The van der Waals surface area contributed by atoms with Crippen molar-refractivity contribution in [2.45, 2.75) is 18.9 Å². The van der Waals surface area contributed by atoms with Crippen LogP contribution in [0.5, 0.6) is 5.75 Å². The molecular weight excluding hydrogens is 308 g/mol. The van der Waals surface area contributed by atoms with Gasteiger partial charge < -0.3 is 15.0 Å². The van der Waals surface area contributed by atoms with E-state index in [1.54, 1.807) is 7.11 Å². The Kier molecular flexibility index (Phi) is 4.98. The Morgan fingerprint density at radius 3 is 2.57 bits per heavy atom. The van der Waals surface area contributed by atoms with E-state index in [-0.39, 0.29) is 5.91 Å². The largest absolute Gasteiger partial charge is 0.495 e. The number of amides is 1. The molecule has 0 unspecified atom stereocenters. The molecule has 23 heavy (non-hydrogen) atoms. The van der Waals surface area contributed by atoms with Crippen LogP contribution in [0.2, 0.25) is 0 Å². The molecule has 5 heteroatoms. The third-order valence-corrected chi connectivity index (χ3v) is 5.51. The highest BCUT2D eigenvalue weighted by Gasteiger charge is 2.26. The van der Waals surface area contributed by atoms with E-state index >= 15 is 0 Å². The Morgan fingerprint density at radius 1 is 1.26 bits per heavy atom. The van der Waals surface area contributed by atoms with Crippen LogP contribution in [-0.2, 0) is 0 Å². The standard InChI is InChI=1S/C18H22N2O2S/c1-19-14-8-10-20(11-9-14)18(21)17-15(22-2)12-16(23-17)13-6-4-3-5-7-13/h3-7,12,14,19H,8-11H2,1-2H3. The monoisotopic (exact) mass is 330 g/mol. The number of thiophene rings is 1. The molecule has 1 aliphatic rings. The molecule has 1 fully saturated rings. The van der Waals surface area contributed by atoms with Crippen LogP contribution in [0.25, 0.3) is 10.4 Å². The molecule has 0 bridgehead atoms. The molecule has 4 nitrogen and oxygen atoms in total. The van der Waals surface area contributed by atoms with E-state index in [9.17, 15) is 4.79 Å². The van der Waals surface area contributed by atoms with Crippen LogP contribution >= 0.6 is 11.3 Å². The fourth-order valence-corrected chi connectivity index (χ4v) is 4.03. The van der Waals surface area contributed by atoms with Crippen LogP contribution in [-0.4, -0.2) is 44.1 Å². The zero-order valence-corrected chi connectivity index (χ0v) is 14.4. The van der Waals surface area contributed by atoms with Gasteiger partial charge in [0, 0.05) is 24.0 Å². The fourth-order valence-electron chi connectivity index (χ4n) is 2.93. The Balaban J connectivity index is 1.82. The number of carbonyl (C=O) groups excluding carboxylic acids is 1. The van der Waals surface area contributed by atoms with Crippen LogP contribution in [0.3, 0.4) is 0 Å². The summed E-state index contributed by atoms with van der Waals surface area (Å²) in [7, 11) is 3.61. The second kappa shape index (κ2) is 7.15.